The van der Waals surface area contributed by atoms with Gasteiger partial charge in [-0.2, -0.15) is 4.31 Å². The van der Waals surface area contributed by atoms with Crippen molar-refractivity contribution < 1.29 is 22.7 Å². The first-order valence-electron chi connectivity index (χ1n) is 9.37. The van der Waals surface area contributed by atoms with Crippen molar-refractivity contribution in [3.05, 3.63) is 52.7 Å². The van der Waals surface area contributed by atoms with Gasteiger partial charge in [-0.15, -0.1) is 11.3 Å². The summed E-state index contributed by atoms with van der Waals surface area (Å²) in [5, 5.41) is 4.79. The molecule has 1 N–H and O–H groups in total. The maximum Gasteiger partial charge on any atom is 0.307 e. The molecule has 9 heteroatoms. The van der Waals surface area contributed by atoms with E-state index in [1.165, 1.54) is 22.8 Å². The quantitative estimate of drug-likeness (QED) is 0.674. The van der Waals surface area contributed by atoms with E-state index in [2.05, 4.69) is 5.32 Å². The number of ether oxygens (including phenoxy) is 1. The Morgan fingerprint density at radius 1 is 1.24 bits per heavy atom. The van der Waals surface area contributed by atoms with Crippen molar-refractivity contribution in [2.24, 2.45) is 5.92 Å². The summed E-state index contributed by atoms with van der Waals surface area (Å²) < 4.78 is 31.9. The Balaban J connectivity index is 1.71. The third kappa shape index (κ3) is 5.23. The summed E-state index contributed by atoms with van der Waals surface area (Å²) in [7, 11) is -2.33. The van der Waals surface area contributed by atoms with E-state index in [9.17, 15) is 18.0 Å². The first kappa shape index (κ1) is 21.5. The van der Waals surface area contributed by atoms with Gasteiger partial charge in [0.25, 0.3) is 0 Å². The Kier molecular flexibility index (Phi) is 7.05. The van der Waals surface area contributed by atoms with Gasteiger partial charge in [0.15, 0.2) is 0 Å². The topological polar surface area (TPSA) is 92.8 Å². The lowest BCUT2D eigenvalue weighted by Gasteiger charge is -2.32. The molecule has 0 bridgehead atoms. The van der Waals surface area contributed by atoms with E-state index in [4.69, 9.17) is 4.74 Å². The van der Waals surface area contributed by atoms with E-state index in [1.807, 2.05) is 17.5 Å². The molecule has 1 amide bonds. The highest BCUT2D eigenvalue weighted by atomic mass is 32.2. The van der Waals surface area contributed by atoms with Gasteiger partial charge in [-0.25, -0.2) is 8.42 Å². The van der Waals surface area contributed by atoms with E-state index in [-0.39, 0.29) is 23.8 Å². The van der Waals surface area contributed by atoms with Crippen LogP contribution in [0.2, 0.25) is 0 Å². The lowest BCUT2D eigenvalue weighted by Crippen LogP contribution is -2.46. The van der Waals surface area contributed by atoms with Crippen molar-refractivity contribution >= 4 is 33.2 Å². The number of thiophene rings is 1. The molecule has 2 heterocycles. The zero-order valence-electron chi connectivity index (χ0n) is 16.1. The highest BCUT2D eigenvalue weighted by molar-refractivity contribution is 7.89. The van der Waals surface area contributed by atoms with Crippen molar-refractivity contribution in [2.75, 3.05) is 20.2 Å². The molecule has 7 nitrogen and oxygen atoms in total. The van der Waals surface area contributed by atoms with E-state index in [1.54, 1.807) is 30.3 Å². The zero-order valence-corrected chi connectivity index (χ0v) is 17.7. The predicted octanol–water partition coefficient (Wildman–Crippen LogP) is 2.57. The van der Waals surface area contributed by atoms with Crippen LogP contribution in [0.25, 0.3) is 0 Å². The fourth-order valence-corrected chi connectivity index (χ4v) is 5.69. The fraction of sp³-hybridized carbons (Fsp3) is 0.400. The van der Waals surface area contributed by atoms with E-state index >= 15 is 0 Å². The lowest BCUT2D eigenvalue weighted by molar-refractivity contribution is -0.141. The number of nitrogens with zero attached hydrogens (tertiary/aromatic N) is 1. The first-order valence-corrected chi connectivity index (χ1v) is 11.7. The summed E-state index contributed by atoms with van der Waals surface area (Å²) in [5.74, 6) is -1.14. The Hall–Kier alpha value is -2.23. The van der Waals surface area contributed by atoms with Gasteiger partial charge in [0.1, 0.15) is 0 Å². The molecule has 1 aliphatic rings. The number of rotatable bonds is 7. The molecule has 2 atom stereocenters. The third-order valence-electron chi connectivity index (χ3n) is 4.94. The fourth-order valence-electron chi connectivity index (χ4n) is 3.37. The number of piperidine rings is 1. The standard InChI is InChI=1S/C20H24N2O5S2/c1-27-19(23)13-17(18-10-6-12-28-18)21-20(24)15-7-5-11-22(14-15)29(25,26)16-8-3-2-4-9-16/h2-4,6,8-10,12,15,17H,5,7,11,13-14H2,1H3,(H,21,24). The Morgan fingerprint density at radius 3 is 2.66 bits per heavy atom. The summed E-state index contributed by atoms with van der Waals surface area (Å²) in [4.78, 5) is 25.7. The SMILES string of the molecule is COC(=O)CC(NC(=O)C1CCCN(S(=O)(=O)c2ccccc2)C1)c1cccs1. The number of nitrogens with one attached hydrogen (secondary N) is 1. The average molecular weight is 437 g/mol. The normalized spacial score (nSPS) is 18.7. The highest BCUT2D eigenvalue weighted by Gasteiger charge is 2.34. The van der Waals surface area contributed by atoms with Crippen LogP contribution < -0.4 is 5.32 Å². The molecule has 0 spiro atoms. The maximum atomic E-state index is 12.9. The largest absolute Gasteiger partial charge is 0.469 e. The maximum absolute atomic E-state index is 12.9. The molecule has 1 aliphatic heterocycles. The summed E-state index contributed by atoms with van der Waals surface area (Å²) >= 11 is 1.45. The summed E-state index contributed by atoms with van der Waals surface area (Å²) in [6.07, 6.45) is 1.23. The smallest absolute Gasteiger partial charge is 0.307 e. The number of carbonyl (C=O) groups is 2. The van der Waals surface area contributed by atoms with Crippen LogP contribution in [-0.2, 0) is 24.3 Å². The third-order valence-corrected chi connectivity index (χ3v) is 7.80. The number of esters is 1. The molecule has 3 rings (SSSR count). The van der Waals surface area contributed by atoms with Crippen LogP contribution in [0, 0.1) is 5.92 Å². The number of carbonyl (C=O) groups excluding carboxylic acids is 2. The molecule has 1 fully saturated rings. The van der Waals surface area contributed by atoms with Crippen LogP contribution in [0.5, 0.6) is 0 Å². The second kappa shape index (κ2) is 9.51. The van der Waals surface area contributed by atoms with Gasteiger partial charge in [0.05, 0.1) is 30.4 Å². The van der Waals surface area contributed by atoms with Gasteiger partial charge in [-0.05, 0) is 36.4 Å². The molecule has 0 radical (unpaired) electrons. The second-order valence-corrected chi connectivity index (χ2v) is 9.79. The molecule has 156 valence electrons. The molecule has 1 aromatic carbocycles. The number of hydrogen-bond donors (Lipinski definition) is 1. The van der Waals surface area contributed by atoms with Crippen LogP contribution >= 0.6 is 11.3 Å². The van der Waals surface area contributed by atoms with Crippen LogP contribution in [0.1, 0.15) is 30.2 Å². The molecule has 2 aromatic rings. The summed E-state index contributed by atoms with van der Waals surface area (Å²) in [6, 6.07) is 11.5. The van der Waals surface area contributed by atoms with Crippen LogP contribution in [0.4, 0.5) is 0 Å². The van der Waals surface area contributed by atoms with Crippen molar-refractivity contribution in [3.8, 4) is 0 Å². The minimum Gasteiger partial charge on any atom is -0.469 e. The Labute approximate surface area is 174 Å². The summed E-state index contributed by atoms with van der Waals surface area (Å²) in [6.45, 7) is 0.510. The first-order chi connectivity index (χ1) is 13.9. The molecular weight excluding hydrogens is 412 g/mol. The van der Waals surface area contributed by atoms with Gasteiger partial charge in [-0.1, -0.05) is 24.3 Å². The minimum absolute atomic E-state index is 0.0293. The van der Waals surface area contributed by atoms with Crippen LogP contribution in [-0.4, -0.2) is 44.8 Å². The molecule has 1 aromatic heterocycles. The molecular formula is C20H24N2O5S2. The Bertz CT molecular complexity index is 929. The van der Waals surface area contributed by atoms with Gasteiger partial charge in [-0.3, -0.25) is 9.59 Å². The minimum atomic E-state index is -3.64. The van der Waals surface area contributed by atoms with Crippen molar-refractivity contribution in [1.82, 2.24) is 9.62 Å². The molecule has 2 unspecified atom stereocenters. The highest BCUT2D eigenvalue weighted by Crippen LogP contribution is 2.26. The van der Waals surface area contributed by atoms with Crippen molar-refractivity contribution in [2.45, 2.75) is 30.2 Å². The number of methoxy groups -OCH3 is 1. The monoisotopic (exact) mass is 436 g/mol. The number of sulfonamides is 1. The number of amides is 1. The Morgan fingerprint density at radius 2 is 2.00 bits per heavy atom. The molecule has 0 aliphatic carbocycles. The van der Waals surface area contributed by atoms with Crippen LogP contribution in [0.15, 0.2) is 52.7 Å². The summed E-state index contributed by atoms with van der Waals surface area (Å²) in [5.41, 5.74) is 0. The second-order valence-electron chi connectivity index (χ2n) is 6.87. The van der Waals surface area contributed by atoms with E-state index < -0.39 is 28.0 Å². The van der Waals surface area contributed by atoms with E-state index in [0.717, 1.165) is 4.88 Å². The molecule has 0 saturated carbocycles. The molecule has 1 saturated heterocycles. The average Bonchev–Trinajstić information content (AvgIpc) is 3.28. The predicted molar refractivity (Wildman–Crippen MR) is 110 cm³/mol. The van der Waals surface area contributed by atoms with E-state index in [0.29, 0.717) is 19.4 Å². The van der Waals surface area contributed by atoms with Gasteiger partial charge in [0.2, 0.25) is 15.9 Å². The van der Waals surface area contributed by atoms with Crippen molar-refractivity contribution in [3.63, 3.8) is 0 Å². The van der Waals surface area contributed by atoms with Gasteiger partial charge < -0.3 is 10.1 Å². The zero-order chi connectivity index (χ0) is 20.9. The van der Waals surface area contributed by atoms with Crippen molar-refractivity contribution in [1.29, 1.82) is 0 Å². The lowest BCUT2D eigenvalue weighted by atomic mass is 9.98. The van der Waals surface area contributed by atoms with Gasteiger partial charge in [0, 0.05) is 18.0 Å². The van der Waals surface area contributed by atoms with Crippen LogP contribution in [0.3, 0.4) is 0 Å². The number of hydrogen-bond acceptors (Lipinski definition) is 6. The number of benzene rings is 1. The molecule has 29 heavy (non-hydrogen) atoms. The van der Waals surface area contributed by atoms with Gasteiger partial charge >= 0.3 is 5.97 Å².